The molecule has 72 valence electrons. The number of nitrogens with two attached hydrogens (primary N) is 1. The van der Waals surface area contributed by atoms with E-state index in [0.29, 0.717) is 24.2 Å². The number of hydrogen-bond donors (Lipinski definition) is 3. The van der Waals surface area contributed by atoms with Crippen LogP contribution in [-0.2, 0) is 0 Å². The predicted molar refractivity (Wildman–Crippen MR) is 54.7 cm³/mol. The van der Waals surface area contributed by atoms with Gasteiger partial charge in [-0.1, -0.05) is 30.3 Å². The van der Waals surface area contributed by atoms with Crippen molar-refractivity contribution >= 4 is 13.7 Å². The lowest BCUT2D eigenvalue weighted by atomic mass is 10.4. The van der Waals surface area contributed by atoms with Crippen LogP contribution >= 0.6 is 0 Å². The maximum atomic E-state index is 9.76. The molecule has 4 N–H and O–H groups in total. The van der Waals surface area contributed by atoms with Crippen LogP contribution in [-0.4, -0.2) is 24.7 Å². The molecule has 0 saturated carbocycles. The summed E-state index contributed by atoms with van der Waals surface area (Å²) < 4.78 is 0. The van der Waals surface area contributed by atoms with Crippen LogP contribution < -0.4 is 10.9 Å². The van der Waals surface area contributed by atoms with Crippen molar-refractivity contribution in [2.45, 2.75) is 12.5 Å². The van der Waals surface area contributed by atoms with Gasteiger partial charge < -0.3 is 15.3 Å². The van der Waals surface area contributed by atoms with Gasteiger partial charge in [-0.05, 0) is 24.2 Å². The van der Waals surface area contributed by atoms with Crippen LogP contribution in [0.5, 0.6) is 0 Å². The van der Waals surface area contributed by atoms with Crippen LogP contribution in [0.25, 0.3) is 0 Å². The van der Waals surface area contributed by atoms with Crippen LogP contribution in [0.1, 0.15) is 6.42 Å². The van der Waals surface area contributed by atoms with E-state index in [1.807, 2.05) is 18.2 Å². The molecule has 1 aromatic carbocycles. The molecule has 0 unspecified atom stereocenters. The zero-order chi connectivity index (χ0) is 9.73. The minimum absolute atomic E-state index is 0.410. The van der Waals surface area contributed by atoms with Crippen molar-refractivity contribution in [2.24, 2.45) is 5.73 Å². The smallest absolute Gasteiger partial charge is 0.367 e. The number of rotatable bonds is 4. The first-order valence-corrected chi connectivity index (χ1v) is 6.47. The molecule has 0 atom stereocenters. The fourth-order valence-electron chi connectivity index (χ4n) is 1.20. The normalized spacial score (nSPS) is 11.6. The van der Waals surface area contributed by atoms with Crippen LogP contribution in [0.2, 0.25) is 6.04 Å². The monoisotopic (exact) mass is 197 g/mol. The van der Waals surface area contributed by atoms with Gasteiger partial charge in [-0.3, -0.25) is 0 Å². The Morgan fingerprint density at radius 3 is 2.31 bits per heavy atom. The van der Waals surface area contributed by atoms with Crippen LogP contribution in [0.3, 0.4) is 0 Å². The lowest BCUT2D eigenvalue weighted by Gasteiger charge is -2.17. The third-order valence-corrected chi connectivity index (χ3v) is 4.27. The molecule has 0 aliphatic carbocycles. The number of hydrogen-bond acceptors (Lipinski definition) is 3. The summed E-state index contributed by atoms with van der Waals surface area (Å²) in [5, 5.41) is 0.656. The van der Waals surface area contributed by atoms with E-state index in [0.717, 1.165) is 0 Å². The minimum Gasteiger partial charge on any atom is -0.407 e. The Hall–Kier alpha value is -0.683. The minimum atomic E-state index is -3.18. The van der Waals surface area contributed by atoms with E-state index in [1.54, 1.807) is 12.1 Å². The third-order valence-electron chi connectivity index (χ3n) is 1.97. The van der Waals surface area contributed by atoms with E-state index < -0.39 is 8.56 Å². The maximum Gasteiger partial charge on any atom is 0.367 e. The first kappa shape index (κ1) is 10.4. The maximum absolute atomic E-state index is 9.76. The summed E-state index contributed by atoms with van der Waals surface area (Å²) in [5.74, 6) is 0. The summed E-state index contributed by atoms with van der Waals surface area (Å²) >= 11 is 0. The molecule has 0 saturated heterocycles. The zero-order valence-electron chi connectivity index (χ0n) is 7.48. The second-order valence-electron chi connectivity index (χ2n) is 3.07. The van der Waals surface area contributed by atoms with Crippen LogP contribution in [0.15, 0.2) is 30.3 Å². The molecular formula is C9H15NO2Si. The van der Waals surface area contributed by atoms with Crippen molar-refractivity contribution in [3.05, 3.63) is 30.3 Å². The molecule has 0 fully saturated rings. The Bertz CT molecular complexity index is 251. The molecule has 13 heavy (non-hydrogen) atoms. The fraction of sp³-hybridized carbons (Fsp3) is 0.333. The largest absolute Gasteiger partial charge is 0.407 e. The molecule has 0 aliphatic heterocycles. The third kappa shape index (κ3) is 2.93. The summed E-state index contributed by atoms with van der Waals surface area (Å²) in [6.45, 7) is 0.503. The SMILES string of the molecule is NCCC[Si](O)(O)c1ccccc1. The van der Waals surface area contributed by atoms with Crippen molar-refractivity contribution in [3.8, 4) is 0 Å². The van der Waals surface area contributed by atoms with Gasteiger partial charge in [0, 0.05) is 0 Å². The van der Waals surface area contributed by atoms with E-state index in [9.17, 15) is 9.59 Å². The van der Waals surface area contributed by atoms with Gasteiger partial charge in [0.25, 0.3) is 0 Å². The van der Waals surface area contributed by atoms with Crippen molar-refractivity contribution in [1.82, 2.24) is 0 Å². The van der Waals surface area contributed by atoms with Crippen molar-refractivity contribution in [1.29, 1.82) is 0 Å². The zero-order valence-corrected chi connectivity index (χ0v) is 8.48. The van der Waals surface area contributed by atoms with Gasteiger partial charge >= 0.3 is 8.56 Å². The highest BCUT2D eigenvalue weighted by molar-refractivity contribution is 6.78. The van der Waals surface area contributed by atoms with Gasteiger partial charge in [0.15, 0.2) is 0 Å². The Morgan fingerprint density at radius 2 is 1.77 bits per heavy atom. The average Bonchev–Trinajstić information content (AvgIpc) is 2.16. The van der Waals surface area contributed by atoms with E-state index in [1.165, 1.54) is 0 Å². The lowest BCUT2D eigenvalue weighted by Crippen LogP contribution is -2.48. The fourth-order valence-corrected chi connectivity index (χ4v) is 2.91. The highest BCUT2D eigenvalue weighted by atomic mass is 28.4. The van der Waals surface area contributed by atoms with Crippen LogP contribution in [0.4, 0.5) is 0 Å². The molecule has 0 aliphatic rings. The number of benzene rings is 1. The van der Waals surface area contributed by atoms with Crippen molar-refractivity contribution < 1.29 is 9.59 Å². The molecule has 0 spiro atoms. The lowest BCUT2D eigenvalue weighted by molar-refractivity contribution is 0.378. The predicted octanol–water partition coefficient (Wildman–Crippen LogP) is -0.331. The average molecular weight is 197 g/mol. The van der Waals surface area contributed by atoms with E-state index in [-0.39, 0.29) is 0 Å². The standard InChI is InChI=1S/C9H15NO2Si/c10-7-4-8-13(11,12)9-5-2-1-3-6-9/h1-3,5-6,11-12H,4,7-8,10H2. The molecule has 3 nitrogen and oxygen atoms in total. The Morgan fingerprint density at radius 1 is 1.15 bits per heavy atom. The first-order valence-electron chi connectivity index (χ1n) is 4.37. The molecule has 0 bridgehead atoms. The van der Waals surface area contributed by atoms with E-state index in [2.05, 4.69) is 0 Å². The Balaban J connectivity index is 2.69. The molecule has 0 amide bonds. The summed E-state index contributed by atoms with van der Waals surface area (Å²) in [7, 11) is -3.18. The molecule has 4 heteroatoms. The summed E-state index contributed by atoms with van der Waals surface area (Å²) in [6, 6.07) is 9.40. The molecule has 0 aromatic heterocycles. The Kier molecular flexibility index (Phi) is 3.62. The highest BCUT2D eigenvalue weighted by Crippen LogP contribution is 2.04. The molecule has 1 aromatic rings. The molecule has 0 heterocycles. The summed E-state index contributed by atoms with van der Waals surface area (Å²) in [5.41, 5.74) is 5.31. The van der Waals surface area contributed by atoms with Gasteiger partial charge in [0.1, 0.15) is 0 Å². The van der Waals surface area contributed by atoms with Crippen molar-refractivity contribution in [2.75, 3.05) is 6.54 Å². The van der Waals surface area contributed by atoms with Gasteiger partial charge in [-0.15, -0.1) is 0 Å². The highest BCUT2D eigenvalue weighted by Gasteiger charge is 2.30. The van der Waals surface area contributed by atoms with Gasteiger partial charge in [0.2, 0.25) is 0 Å². The first-order chi connectivity index (χ1) is 6.17. The van der Waals surface area contributed by atoms with E-state index >= 15 is 0 Å². The molecular weight excluding hydrogens is 182 g/mol. The summed E-state index contributed by atoms with van der Waals surface area (Å²) in [4.78, 5) is 19.5. The molecule has 0 radical (unpaired) electrons. The Labute approximate surface area is 79.1 Å². The van der Waals surface area contributed by atoms with Gasteiger partial charge in [0.05, 0.1) is 0 Å². The summed E-state index contributed by atoms with van der Waals surface area (Å²) in [6.07, 6.45) is 0.661. The second-order valence-corrected chi connectivity index (χ2v) is 5.79. The molecule has 1 rings (SSSR count). The van der Waals surface area contributed by atoms with Gasteiger partial charge in [-0.25, -0.2) is 0 Å². The van der Waals surface area contributed by atoms with Gasteiger partial charge in [-0.2, -0.15) is 0 Å². The van der Waals surface area contributed by atoms with Crippen molar-refractivity contribution in [3.63, 3.8) is 0 Å². The van der Waals surface area contributed by atoms with E-state index in [4.69, 9.17) is 5.73 Å². The second kappa shape index (κ2) is 4.52. The topological polar surface area (TPSA) is 66.5 Å². The quantitative estimate of drug-likeness (QED) is 0.579. The van der Waals surface area contributed by atoms with Crippen LogP contribution in [0, 0.1) is 0 Å².